The minimum Gasteiger partial charge on any atom is -0.507 e. The molecule has 4 aliphatic heterocycles. The zero-order valence-electron chi connectivity index (χ0n) is 20.8. The molecule has 0 saturated carbocycles. The van der Waals surface area contributed by atoms with Gasteiger partial charge in [0, 0.05) is 40.4 Å². The fourth-order valence-corrected chi connectivity index (χ4v) is 7.25. The number of ether oxygens (including phenoxy) is 3. The van der Waals surface area contributed by atoms with Gasteiger partial charge in [-0.15, -0.1) is 0 Å². The number of benzene rings is 2. The number of fused-ring (bicyclic) bond motifs is 9. The maximum atomic E-state index is 11.4. The van der Waals surface area contributed by atoms with Crippen molar-refractivity contribution in [3.05, 3.63) is 39.4 Å². The summed E-state index contributed by atoms with van der Waals surface area (Å²) < 4.78 is 17.2. The molecular formula is C27H31N3O5. The Labute approximate surface area is 205 Å². The minimum absolute atomic E-state index is 0.0270. The van der Waals surface area contributed by atoms with Gasteiger partial charge < -0.3 is 24.4 Å². The maximum absolute atomic E-state index is 11.4. The van der Waals surface area contributed by atoms with Crippen molar-refractivity contribution in [2.45, 2.75) is 70.2 Å². The van der Waals surface area contributed by atoms with E-state index >= 15 is 0 Å². The molecule has 5 atom stereocenters. The summed E-state index contributed by atoms with van der Waals surface area (Å²) in [6.07, 6.45) is 1.95. The van der Waals surface area contributed by atoms with Crippen molar-refractivity contribution in [2.24, 2.45) is 0 Å². The molecule has 0 aromatic heterocycles. The lowest BCUT2D eigenvalue weighted by Crippen LogP contribution is -2.68. The van der Waals surface area contributed by atoms with Crippen LogP contribution in [0.4, 0.5) is 0 Å². The number of aryl methyl sites for hydroxylation is 1. The molecule has 8 nitrogen and oxygen atoms in total. The van der Waals surface area contributed by atoms with Gasteiger partial charge >= 0.3 is 0 Å². The van der Waals surface area contributed by atoms with Crippen molar-refractivity contribution in [1.82, 2.24) is 9.80 Å². The Bertz CT molecular complexity index is 1290. The second-order valence-corrected chi connectivity index (χ2v) is 10.2. The molecule has 0 aliphatic carbocycles. The molecule has 1 fully saturated rings. The summed E-state index contributed by atoms with van der Waals surface area (Å²) in [4.78, 5) is 4.57. The standard InChI is InChI=1S/C27H31N3O5/c1-6-16-21-15(23(31)13(3)26-27(21)35-11-34-26)9-18-22-20-14(7-12(2)25(33-5)24(20)32)8-17(29(22)4)19(10-28)30(16)18/h7,16-19,22,31-32H,6,8-9,11H2,1-5H3/t16-,17-,18?,19-,22-/m0/s1. The summed E-state index contributed by atoms with van der Waals surface area (Å²) in [6.45, 7) is 6.03. The van der Waals surface area contributed by atoms with Gasteiger partial charge in [-0.05, 0) is 51.3 Å². The second kappa shape index (κ2) is 7.67. The SMILES string of the molecule is CC[C@H]1c2c(c(O)c(C)c3c2OCO3)CC2[C@H]3c4c(cc(C)c(OC)c4O)C[C@@H]([C@H](C#N)N21)N3C. The molecule has 2 bridgehead atoms. The van der Waals surface area contributed by atoms with Crippen LogP contribution in [0, 0.1) is 25.2 Å². The molecule has 1 unspecified atom stereocenters. The molecule has 2 N–H and O–H groups in total. The second-order valence-electron chi connectivity index (χ2n) is 10.2. The van der Waals surface area contributed by atoms with Gasteiger partial charge in [-0.25, -0.2) is 0 Å². The Morgan fingerprint density at radius 1 is 1.11 bits per heavy atom. The number of methoxy groups -OCH3 is 1. The first-order chi connectivity index (χ1) is 16.8. The average Bonchev–Trinajstić information content (AvgIpc) is 3.32. The first kappa shape index (κ1) is 22.3. The van der Waals surface area contributed by atoms with Crippen molar-refractivity contribution < 1.29 is 24.4 Å². The van der Waals surface area contributed by atoms with E-state index in [2.05, 4.69) is 28.9 Å². The van der Waals surface area contributed by atoms with Crippen LogP contribution in [-0.4, -0.2) is 59.1 Å². The largest absolute Gasteiger partial charge is 0.507 e. The van der Waals surface area contributed by atoms with Crippen LogP contribution in [0.15, 0.2) is 6.07 Å². The fourth-order valence-electron chi connectivity index (χ4n) is 7.25. The lowest BCUT2D eigenvalue weighted by atomic mass is 9.71. The molecule has 35 heavy (non-hydrogen) atoms. The first-order valence-corrected chi connectivity index (χ1v) is 12.3. The van der Waals surface area contributed by atoms with Gasteiger partial charge in [-0.1, -0.05) is 13.0 Å². The summed E-state index contributed by atoms with van der Waals surface area (Å²) in [6, 6.07) is 3.94. The molecule has 184 valence electrons. The van der Waals surface area contributed by atoms with Gasteiger partial charge in [0.1, 0.15) is 11.8 Å². The molecule has 0 radical (unpaired) electrons. The van der Waals surface area contributed by atoms with E-state index in [0.29, 0.717) is 35.7 Å². The van der Waals surface area contributed by atoms with E-state index < -0.39 is 0 Å². The molecule has 0 spiro atoms. The van der Waals surface area contributed by atoms with Crippen LogP contribution in [0.5, 0.6) is 28.7 Å². The van der Waals surface area contributed by atoms with Crippen LogP contribution in [0.25, 0.3) is 0 Å². The molecule has 2 aromatic carbocycles. The molecule has 8 heteroatoms. The lowest BCUT2D eigenvalue weighted by molar-refractivity contribution is -0.0736. The summed E-state index contributed by atoms with van der Waals surface area (Å²) in [5, 5.41) is 33.1. The van der Waals surface area contributed by atoms with Gasteiger partial charge in [0.05, 0.1) is 19.2 Å². The topological polar surface area (TPSA) is 98.4 Å². The van der Waals surface area contributed by atoms with Crippen molar-refractivity contribution >= 4 is 0 Å². The number of nitrogens with zero attached hydrogens (tertiary/aromatic N) is 3. The highest BCUT2D eigenvalue weighted by Gasteiger charge is 2.56. The van der Waals surface area contributed by atoms with Gasteiger partial charge in [0.2, 0.25) is 6.79 Å². The molecule has 4 heterocycles. The average molecular weight is 478 g/mol. The first-order valence-electron chi connectivity index (χ1n) is 12.3. The predicted octanol–water partition coefficient (Wildman–Crippen LogP) is 3.63. The van der Waals surface area contributed by atoms with E-state index in [0.717, 1.165) is 34.2 Å². The number of hydrogen-bond acceptors (Lipinski definition) is 8. The monoisotopic (exact) mass is 477 g/mol. The van der Waals surface area contributed by atoms with E-state index in [4.69, 9.17) is 14.2 Å². The zero-order valence-corrected chi connectivity index (χ0v) is 20.8. The summed E-state index contributed by atoms with van der Waals surface area (Å²) in [5.41, 5.74) is 5.30. The lowest BCUT2D eigenvalue weighted by Gasteiger charge is -2.60. The highest BCUT2D eigenvalue weighted by atomic mass is 16.7. The Balaban J connectivity index is 1.61. The van der Waals surface area contributed by atoms with Gasteiger partial charge in [-0.3, -0.25) is 9.80 Å². The predicted molar refractivity (Wildman–Crippen MR) is 128 cm³/mol. The van der Waals surface area contributed by atoms with Crippen molar-refractivity contribution in [3.8, 4) is 34.8 Å². The van der Waals surface area contributed by atoms with Crippen molar-refractivity contribution in [3.63, 3.8) is 0 Å². The number of piperazine rings is 1. The minimum atomic E-state index is -0.349. The maximum Gasteiger partial charge on any atom is 0.231 e. The third-order valence-electron chi connectivity index (χ3n) is 8.68. The molecular weight excluding hydrogens is 446 g/mol. The van der Waals surface area contributed by atoms with Crippen LogP contribution in [0.2, 0.25) is 0 Å². The normalized spacial score (nSPS) is 28.6. The van der Waals surface area contributed by atoms with E-state index in [-0.39, 0.29) is 48.5 Å². The highest BCUT2D eigenvalue weighted by molar-refractivity contribution is 5.66. The number of likely N-dealkylation sites (N-methyl/N-ethyl adjacent to an activating group) is 1. The molecule has 2 aromatic rings. The smallest absolute Gasteiger partial charge is 0.231 e. The number of hydrogen-bond donors (Lipinski definition) is 2. The van der Waals surface area contributed by atoms with Gasteiger partial charge in [0.15, 0.2) is 23.0 Å². The Kier molecular flexibility index (Phi) is 4.89. The quantitative estimate of drug-likeness (QED) is 0.677. The Morgan fingerprint density at radius 2 is 1.86 bits per heavy atom. The van der Waals surface area contributed by atoms with E-state index in [9.17, 15) is 15.5 Å². The van der Waals surface area contributed by atoms with Crippen molar-refractivity contribution in [2.75, 3.05) is 21.0 Å². The molecule has 6 rings (SSSR count). The van der Waals surface area contributed by atoms with Crippen LogP contribution < -0.4 is 14.2 Å². The van der Waals surface area contributed by atoms with Crippen molar-refractivity contribution in [1.29, 1.82) is 5.26 Å². The summed E-state index contributed by atoms with van der Waals surface area (Å²) in [5.74, 6) is 2.21. The fraction of sp³-hybridized carbons (Fsp3) is 0.519. The van der Waals surface area contributed by atoms with Crippen LogP contribution >= 0.6 is 0 Å². The number of rotatable bonds is 2. The number of nitriles is 1. The number of phenols is 2. The van der Waals surface area contributed by atoms with Crippen LogP contribution in [0.1, 0.15) is 58.8 Å². The molecule has 4 aliphatic rings. The van der Waals surface area contributed by atoms with Gasteiger partial charge in [-0.2, -0.15) is 5.26 Å². The number of aromatic hydroxyl groups is 2. The zero-order chi connectivity index (χ0) is 24.8. The highest BCUT2D eigenvalue weighted by Crippen LogP contribution is 2.58. The van der Waals surface area contributed by atoms with E-state index in [1.807, 2.05) is 20.9 Å². The van der Waals surface area contributed by atoms with E-state index in [1.165, 1.54) is 0 Å². The molecule has 1 saturated heterocycles. The Morgan fingerprint density at radius 3 is 2.54 bits per heavy atom. The number of phenolic OH excluding ortho intramolecular Hbond substituents is 2. The van der Waals surface area contributed by atoms with E-state index in [1.54, 1.807) is 7.11 Å². The molecule has 0 amide bonds. The van der Waals surface area contributed by atoms with Gasteiger partial charge in [0.25, 0.3) is 0 Å². The summed E-state index contributed by atoms with van der Waals surface area (Å²) in [7, 11) is 3.63. The van der Waals surface area contributed by atoms with Crippen LogP contribution in [0.3, 0.4) is 0 Å². The van der Waals surface area contributed by atoms with Crippen LogP contribution in [-0.2, 0) is 12.8 Å². The third kappa shape index (κ3) is 2.74. The summed E-state index contributed by atoms with van der Waals surface area (Å²) >= 11 is 0. The Hall–Kier alpha value is -3.15. The third-order valence-corrected chi connectivity index (χ3v) is 8.68.